The number of phenolic OH excluding ortho intramolecular Hbond substituents is 1. The fourth-order valence-electron chi connectivity index (χ4n) is 17.1. The average Bonchev–Trinajstić information content (AvgIpc) is 1.65. The van der Waals surface area contributed by atoms with Gasteiger partial charge in [-0.15, -0.1) is 11.8 Å². The molecular formula is C92H130N24O19S. The van der Waals surface area contributed by atoms with Crippen LogP contribution in [0.1, 0.15) is 147 Å². The quantitative estimate of drug-likeness (QED) is 0.0161. The summed E-state index contributed by atoms with van der Waals surface area (Å²) in [4.78, 5) is 270. The van der Waals surface area contributed by atoms with E-state index < -0.39 is 234 Å². The van der Waals surface area contributed by atoms with Gasteiger partial charge in [0, 0.05) is 130 Å². The Labute approximate surface area is 791 Å². The Morgan fingerprint density at radius 1 is 0.574 bits per heavy atom. The molecule has 3 fully saturated rings. The van der Waals surface area contributed by atoms with E-state index >= 15 is 43.2 Å². The van der Waals surface area contributed by atoms with Gasteiger partial charge >= 0.3 is 0 Å². The lowest BCUT2D eigenvalue weighted by molar-refractivity contribution is -0.149. The number of nitrogens with zero attached hydrogens (tertiary/aromatic N) is 6. The normalized spacial score (nSPS) is 24.7. The lowest BCUT2D eigenvalue weighted by Crippen LogP contribution is -2.61. The number of unbranched alkanes of at least 4 members (excludes halogenated alkanes) is 2. The zero-order chi connectivity index (χ0) is 99.3. The highest BCUT2D eigenvalue weighted by molar-refractivity contribution is 8.00. The summed E-state index contributed by atoms with van der Waals surface area (Å²) in [7, 11) is 3.93. The summed E-state index contributed by atoms with van der Waals surface area (Å²) in [6, 6.07) is -0.805. The number of phenols is 1. The molecule has 0 spiro atoms. The van der Waals surface area contributed by atoms with Crippen LogP contribution in [0.15, 0.2) is 97.7 Å². The standard InChI is InChI=1S/C92H130N24O19S/c1-9-11-24-72-85(129)105-63(23-17-31-99-92(96)97)82(126)111-70(81(125)102-44-77(95)121)47-136-48-78(122)104-66(34-52-27-29-58(118)30-28-52)87(131)112(6)51(5)79(123)107-68(40-76(94)120)90(134)116-45-56(93)38-74(116)86(130)106-64(39-57-43-98-49-103-57)83(127)108-65(33-50(3)4)89(133)115-32-18-26-71(115)75(119)37-53(35-54-41-100-61-21-15-13-19-59(54)61)80(124)110-69(46-117)84(128)109-67(36-55-42-101-62-22-16-14-20-60(55)62)88(132)114(8)73(25-12-10-2)91(135)113(72)7/h13-16,19-22,27-30,41-43,49-51,53,56,63-74,100-101,117-118H,9-12,17-18,23-26,31-40,44-48,93H2,1-8H3,(H2,94,120)(H2,95,121)(H,98,103)(H,102,125)(H,104,122)(H,105,129)(H,106,130)(H,107,123)(H,108,127)(H,109,128)(H,110,124)(H,111,126)(H4,96,97,99)/t51-,53+,56-,63?,64-,65-,66-,67-,68-,69-,70-,71-,72-,73-,74-/m0/s1. The van der Waals surface area contributed by atoms with Crippen LogP contribution in [0.3, 0.4) is 0 Å². The zero-order valence-electron chi connectivity index (χ0n) is 77.9. The number of ketones is 1. The Bertz CT molecular complexity index is 5240. The number of carbonyl (C=O) groups is 17. The summed E-state index contributed by atoms with van der Waals surface area (Å²) in [5.41, 5.74) is 26.5. The molecule has 3 aromatic carbocycles. The van der Waals surface area contributed by atoms with Crippen LogP contribution in [0, 0.1) is 17.2 Å². The van der Waals surface area contributed by atoms with Crippen molar-refractivity contribution in [3.05, 3.63) is 120 Å². The SMILES string of the molecule is CCCC[C@H]1C(=O)N(C)[C@@H](CCCC)C(=O)NC(CCCNC(=N)N)C(=O)N[C@H](C(=O)NCC(N)=O)CSCC(=O)N[C@@H](Cc2ccc(O)cc2)C(=O)N(C)[C@@H](C)C(=O)N[C@@H](CC(N)=O)C(=O)N2C[C@@H](N)C[C@H]2C(=O)N[C@@H](Cc2cnc[nH]2)C(=O)N[C@@H](CC(C)C)C(=O)N2CCC[C@H]2C(=O)C[C@@H](Cc2c[nH]c3ccccc23)C(=O)N[C@@H](CO)C(=O)N[C@@H](Cc2c[nH]c3ccccc23)C(=O)N1C. The number of rotatable bonds is 26. The lowest BCUT2D eigenvalue weighted by Gasteiger charge is -2.36. The number of imidazole rings is 1. The monoisotopic (exact) mass is 1910 g/mol. The number of primary amides is 2. The molecule has 43 nitrogen and oxygen atoms in total. The Morgan fingerprint density at radius 3 is 1.76 bits per heavy atom. The number of guanidine groups is 1. The third kappa shape index (κ3) is 29.5. The molecule has 3 aliphatic heterocycles. The first-order chi connectivity index (χ1) is 64.8. The Kier molecular flexibility index (Phi) is 39.6. The number of H-pyrrole nitrogens is 3. The van der Waals surface area contributed by atoms with Gasteiger partial charge < -0.3 is 126 Å². The van der Waals surface area contributed by atoms with Crippen LogP contribution in [0.4, 0.5) is 0 Å². The van der Waals surface area contributed by atoms with Crippen LogP contribution in [-0.4, -0.2) is 311 Å². The number of aromatic nitrogens is 4. The number of nitrogens with two attached hydrogens (primary N) is 4. The smallest absolute Gasteiger partial charge is 0.246 e. The second-order valence-corrected chi connectivity index (χ2v) is 36.4. The molecule has 0 radical (unpaired) electrons. The minimum Gasteiger partial charge on any atom is -0.508 e. The van der Waals surface area contributed by atoms with Crippen molar-refractivity contribution in [2.75, 3.05) is 65.4 Å². The molecule has 0 bridgehead atoms. The fraction of sp³-hybridized carbons (Fsp3) is 0.533. The minimum absolute atomic E-state index is 0.00486. The first-order valence-electron chi connectivity index (χ1n) is 45.9. The number of amides is 16. The molecule has 3 saturated heterocycles. The van der Waals surface area contributed by atoms with E-state index in [1.54, 1.807) is 68.7 Å². The van der Waals surface area contributed by atoms with Crippen molar-refractivity contribution in [2.45, 2.75) is 235 Å². The molecule has 44 heteroatoms. The third-order valence-electron chi connectivity index (χ3n) is 24.7. The van der Waals surface area contributed by atoms with E-state index in [0.717, 1.165) is 31.4 Å². The highest BCUT2D eigenvalue weighted by atomic mass is 32.2. The maximum atomic E-state index is 15.8. The Balaban J connectivity index is 1.10. The second kappa shape index (κ2) is 50.7. The van der Waals surface area contributed by atoms with E-state index in [1.165, 1.54) is 69.8 Å². The van der Waals surface area contributed by atoms with Crippen molar-refractivity contribution in [1.82, 2.24) is 97.6 Å². The number of aromatic amines is 3. The number of aromatic hydroxyl groups is 1. The number of carbonyl (C=O) groups excluding carboxylic acids is 17. The number of aliphatic hydroxyl groups is 1. The van der Waals surface area contributed by atoms with Crippen LogP contribution >= 0.6 is 11.8 Å². The molecule has 0 saturated carbocycles. The van der Waals surface area contributed by atoms with Crippen LogP contribution in [0.2, 0.25) is 0 Å². The van der Waals surface area contributed by atoms with Crippen molar-refractivity contribution in [3.8, 4) is 5.75 Å². The summed E-state index contributed by atoms with van der Waals surface area (Å²) >= 11 is 0.761. The molecule has 0 aliphatic carbocycles. The molecule has 15 atom stereocenters. The van der Waals surface area contributed by atoms with Crippen molar-refractivity contribution >= 4 is 140 Å². The highest BCUT2D eigenvalue weighted by Crippen LogP contribution is 2.30. The lowest BCUT2D eigenvalue weighted by atomic mass is 9.90. The first-order valence-corrected chi connectivity index (χ1v) is 47.0. The molecule has 3 aromatic heterocycles. The van der Waals surface area contributed by atoms with E-state index in [1.807, 2.05) is 19.9 Å². The van der Waals surface area contributed by atoms with Crippen LogP contribution < -0.4 is 76.1 Å². The Hall–Kier alpha value is -13.5. The van der Waals surface area contributed by atoms with Gasteiger partial charge in [0.15, 0.2) is 11.7 Å². The summed E-state index contributed by atoms with van der Waals surface area (Å²) in [6.45, 7) is 6.45. The number of nitrogens with one attached hydrogen (secondary N) is 14. The molecular weight excluding hydrogens is 1780 g/mol. The number of likely N-dealkylation sites (N-methyl/N-ethyl adjacent to an activating group) is 3. The van der Waals surface area contributed by atoms with Crippen LogP contribution in [0.5, 0.6) is 5.75 Å². The summed E-state index contributed by atoms with van der Waals surface area (Å²) in [6.07, 6.45) is 5.36. The summed E-state index contributed by atoms with van der Waals surface area (Å²) in [5.74, 6) is -18.5. The molecule has 6 aromatic rings. The molecule has 6 heterocycles. The second-order valence-electron chi connectivity index (χ2n) is 35.4. The van der Waals surface area contributed by atoms with Gasteiger partial charge in [-0.05, 0) is 112 Å². The van der Waals surface area contributed by atoms with Gasteiger partial charge in [0.05, 0.1) is 37.7 Å². The number of para-hydroxylation sites is 2. The van der Waals surface area contributed by atoms with E-state index in [0.29, 0.717) is 76.3 Å². The van der Waals surface area contributed by atoms with E-state index in [9.17, 15) is 48.6 Å². The van der Waals surface area contributed by atoms with Gasteiger partial charge in [0.2, 0.25) is 94.5 Å². The van der Waals surface area contributed by atoms with Gasteiger partial charge in [-0.2, -0.15) is 0 Å². The van der Waals surface area contributed by atoms with Crippen LogP contribution in [0.25, 0.3) is 21.8 Å². The van der Waals surface area contributed by atoms with Gasteiger partial charge in [-0.3, -0.25) is 86.9 Å². The molecule has 136 heavy (non-hydrogen) atoms. The average molecular weight is 1910 g/mol. The van der Waals surface area contributed by atoms with Crippen molar-refractivity contribution in [3.63, 3.8) is 0 Å². The number of hydrogen-bond acceptors (Lipinski definition) is 23. The summed E-state index contributed by atoms with van der Waals surface area (Å²) < 4.78 is 0. The number of aliphatic hydroxyl groups excluding tert-OH is 1. The third-order valence-corrected chi connectivity index (χ3v) is 25.7. The zero-order valence-corrected chi connectivity index (χ0v) is 78.7. The number of thioether (sulfide) groups is 1. The van der Waals surface area contributed by atoms with E-state index in [-0.39, 0.29) is 102 Å². The van der Waals surface area contributed by atoms with E-state index in [4.69, 9.17) is 28.3 Å². The minimum atomic E-state index is -1.83. The molecule has 16 amide bonds. The Morgan fingerprint density at radius 2 is 1.15 bits per heavy atom. The predicted octanol–water partition coefficient (Wildman–Crippen LogP) is -1.87. The van der Waals surface area contributed by atoms with Gasteiger partial charge in [-0.1, -0.05) is 102 Å². The molecule has 738 valence electrons. The summed E-state index contributed by atoms with van der Waals surface area (Å²) in [5, 5.41) is 57.2. The van der Waals surface area contributed by atoms with E-state index in [2.05, 4.69) is 73.1 Å². The molecule has 24 N–H and O–H groups in total. The fourth-order valence-corrected chi connectivity index (χ4v) is 18.0. The largest absolute Gasteiger partial charge is 0.508 e. The van der Waals surface area contributed by atoms with Crippen LogP contribution in [-0.2, 0) is 107 Å². The van der Waals surface area contributed by atoms with Gasteiger partial charge in [0.25, 0.3) is 0 Å². The molecule has 9 rings (SSSR count). The number of benzene rings is 3. The number of Topliss-reactive ketones (excluding diaryl/α,β-unsaturated/α-hetero) is 1. The van der Waals surface area contributed by atoms with Crippen molar-refractivity contribution < 1.29 is 91.7 Å². The number of fused-ring (bicyclic) bond motifs is 4. The number of hydrogen-bond donors (Lipinski definition) is 20. The predicted molar refractivity (Wildman–Crippen MR) is 503 cm³/mol. The highest BCUT2D eigenvalue weighted by Gasteiger charge is 2.47. The van der Waals surface area contributed by atoms with Gasteiger partial charge in [0.1, 0.15) is 78.3 Å². The molecule has 3 aliphatic rings. The maximum absolute atomic E-state index is 15.8. The first kappa shape index (κ1) is 106. The maximum Gasteiger partial charge on any atom is 0.246 e. The molecule has 1 unspecified atom stereocenters. The van der Waals surface area contributed by atoms with Crippen molar-refractivity contribution in [1.29, 1.82) is 5.41 Å². The van der Waals surface area contributed by atoms with Gasteiger partial charge in [-0.25, -0.2) is 4.98 Å². The van der Waals surface area contributed by atoms with Crippen molar-refractivity contribution in [2.24, 2.45) is 34.8 Å². The topological polar surface area (TPSA) is 655 Å².